The molecule has 0 radical (unpaired) electrons. The number of nitrogens with one attached hydrogen (secondary N) is 2. The lowest BCUT2D eigenvalue weighted by molar-refractivity contribution is 0.184. The lowest BCUT2D eigenvalue weighted by atomic mass is 10.1. The van der Waals surface area contributed by atoms with Gasteiger partial charge in [-0.1, -0.05) is 12.1 Å². The van der Waals surface area contributed by atoms with E-state index in [9.17, 15) is 0 Å². The zero-order chi connectivity index (χ0) is 11.0. The highest BCUT2D eigenvalue weighted by atomic mass is 15.4. The van der Waals surface area contributed by atoms with E-state index in [-0.39, 0.29) is 6.29 Å². The van der Waals surface area contributed by atoms with Crippen LogP contribution in [-0.2, 0) is 0 Å². The number of rotatable bonds is 1. The fourth-order valence-corrected chi connectivity index (χ4v) is 2.43. The lowest BCUT2D eigenvalue weighted by Gasteiger charge is -2.34. The van der Waals surface area contributed by atoms with Crippen molar-refractivity contribution in [1.82, 2.24) is 4.90 Å². The second-order valence-corrected chi connectivity index (χ2v) is 4.61. The van der Waals surface area contributed by atoms with Crippen LogP contribution < -0.4 is 16.4 Å². The Labute approximate surface area is 95.8 Å². The maximum atomic E-state index is 5.91. The summed E-state index contributed by atoms with van der Waals surface area (Å²) in [6, 6.07) is 8.72. The van der Waals surface area contributed by atoms with Gasteiger partial charge in [-0.3, -0.25) is 4.90 Å². The first kappa shape index (κ1) is 9.93. The number of fused-ring (bicyclic) bond motifs is 1. The molecule has 0 amide bonds. The highest BCUT2D eigenvalue weighted by Crippen LogP contribution is 2.29. The molecule has 3 rings (SSSR count). The van der Waals surface area contributed by atoms with Gasteiger partial charge in [0, 0.05) is 19.1 Å². The van der Waals surface area contributed by atoms with Crippen LogP contribution in [0.1, 0.15) is 12.8 Å². The minimum atomic E-state index is 0.241. The van der Waals surface area contributed by atoms with Gasteiger partial charge in [-0.15, -0.1) is 0 Å². The number of nitrogens with two attached hydrogens (primary N) is 1. The molecule has 1 fully saturated rings. The van der Waals surface area contributed by atoms with Gasteiger partial charge in [-0.05, 0) is 25.0 Å². The Morgan fingerprint density at radius 3 is 2.19 bits per heavy atom. The Balaban J connectivity index is 1.67. The van der Waals surface area contributed by atoms with E-state index in [4.69, 9.17) is 5.73 Å². The van der Waals surface area contributed by atoms with Crippen molar-refractivity contribution in [3.05, 3.63) is 24.3 Å². The van der Waals surface area contributed by atoms with Gasteiger partial charge < -0.3 is 16.4 Å². The highest BCUT2D eigenvalue weighted by molar-refractivity contribution is 5.73. The maximum absolute atomic E-state index is 5.91. The van der Waals surface area contributed by atoms with Crippen molar-refractivity contribution in [3.63, 3.8) is 0 Å². The first-order chi connectivity index (χ1) is 7.83. The maximum Gasteiger partial charge on any atom is 0.155 e. The van der Waals surface area contributed by atoms with Crippen molar-refractivity contribution in [2.24, 2.45) is 5.73 Å². The van der Waals surface area contributed by atoms with Crippen molar-refractivity contribution < 1.29 is 0 Å². The second kappa shape index (κ2) is 3.96. The summed E-state index contributed by atoms with van der Waals surface area (Å²) in [6.45, 7) is 2.14. The molecule has 4 N–H and O–H groups in total. The topological polar surface area (TPSA) is 53.3 Å². The molecule has 0 spiro atoms. The summed E-state index contributed by atoms with van der Waals surface area (Å²) < 4.78 is 0. The third-order valence-corrected chi connectivity index (χ3v) is 3.45. The summed E-state index contributed by atoms with van der Waals surface area (Å²) in [6.07, 6.45) is 2.43. The van der Waals surface area contributed by atoms with Crippen LogP contribution in [0, 0.1) is 0 Å². The number of nitrogens with zero attached hydrogens (tertiary/aromatic N) is 1. The first-order valence-electron chi connectivity index (χ1n) is 5.95. The van der Waals surface area contributed by atoms with Gasteiger partial charge in [0.2, 0.25) is 0 Å². The lowest BCUT2D eigenvalue weighted by Crippen LogP contribution is -2.49. The monoisotopic (exact) mass is 218 g/mol. The fourth-order valence-electron chi connectivity index (χ4n) is 2.43. The van der Waals surface area contributed by atoms with Crippen molar-refractivity contribution in [1.29, 1.82) is 0 Å². The van der Waals surface area contributed by atoms with E-state index in [0.717, 1.165) is 25.9 Å². The van der Waals surface area contributed by atoms with Gasteiger partial charge in [0.05, 0.1) is 11.4 Å². The van der Waals surface area contributed by atoms with Gasteiger partial charge >= 0.3 is 0 Å². The number of hydrogen-bond acceptors (Lipinski definition) is 4. The van der Waals surface area contributed by atoms with Crippen LogP contribution >= 0.6 is 0 Å². The molecule has 1 saturated heterocycles. The summed E-state index contributed by atoms with van der Waals surface area (Å²) in [7, 11) is 0. The van der Waals surface area contributed by atoms with Crippen LogP contribution in [0.5, 0.6) is 0 Å². The number of anilines is 2. The van der Waals surface area contributed by atoms with Crippen LogP contribution in [0.4, 0.5) is 11.4 Å². The zero-order valence-electron chi connectivity index (χ0n) is 9.32. The van der Waals surface area contributed by atoms with E-state index in [1.807, 2.05) is 0 Å². The van der Waals surface area contributed by atoms with E-state index in [2.05, 4.69) is 39.8 Å². The van der Waals surface area contributed by atoms with Gasteiger partial charge in [-0.25, -0.2) is 0 Å². The Morgan fingerprint density at radius 2 is 1.62 bits per heavy atom. The molecule has 16 heavy (non-hydrogen) atoms. The predicted octanol–water partition coefficient (Wildman–Crippen LogP) is 1.23. The highest BCUT2D eigenvalue weighted by Gasteiger charge is 2.27. The molecular weight excluding hydrogens is 200 g/mol. The van der Waals surface area contributed by atoms with E-state index in [1.165, 1.54) is 11.4 Å². The molecule has 2 heterocycles. The molecule has 0 unspecified atom stereocenters. The Bertz CT molecular complexity index is 346. The molecule has 1 aromatic rings. The third-order valence-electron chi connectivity index (χ3n) is 3.45. The Hall–Kier alpha value is -1.26. The molecule has 86 valence electrons. The molecule has 2 aliphatic heterocycles. The quantitative estimate of drug-likeness (QED) is 0.663. The summed E-state index contributed by atoms with van der Waals surface area (Å²) in [5.74, 6) is 0. The SMILES string of the molecule is NC1CCN(C2Nc3ccccc3N2)CC1. The van der Waals surface area contributed by atoms with Crippen molar-refractivity contribution in [3.8, 4) is 0 Å². The molecule has 4 nitrogen and oxygen atoms in total. The zero-order valence-corrected chi connectivity index (χ0v) is 9.32. The fraction of sp³-hybridized carbons (Fsp3) is 0.500. The largest absolute Gasteiger partial charge is 0.351 e. The van der Waals surface area contributed by atoms with E-state index in [1.54, 1.807) is 0 Å². The molecule has 2 aliphatic rings. The van der Waals surface area contributed by atoms with Crippen molar-refractivity contribution >= 4 is 11.4 Å². The Morgan fingerprint density at radius 1 is 1.06 bits per heavy atom. The van der Waals surface area contributed by atoms with Gasteiger partial charge in [-0.2, -0.15) is 0 Å². The number of piperidine rings is 1. The molecule has 0 atom stereocenters. The Kier molecular flexibility index (Phi) is 2.46. The smallest absolute Gasteiger partial charge is 0.155 e. The predicted molar refractivity (Wildman–Crippen MR) is 66.3 cm³/mol. The van der Waals surface area contributed by atoms with Crippen molar-refractivity contribution in [2.45, 2.75) is 25.2 Å². The number of likely N-dealkylation sites (tertiary alicyclic amines) is 1. The average molecular weight is 218 g/mol. The molecule has 4 heteroatoms. The van der Waals surface area contributed by atoms with Crippen LogP contribution in [0.3, 0.4) is 0 Å². The summed E-state index contributed by atoms with van der Waals surface area (Å²) in [5, 5.41) is 6.99. The van der Waals surface area contributed by atoms with Gasteiger partial charge in [0.25, 0.3) is 0 Å². The molecule has 0 saturated carbocycles. The standard InChI is InChI=1S/C12H18N4/c13-9-5-7-16(8-6-9)12-14-10-3-1-2-4-11(10)15-12/h1-4,9,12,14-15H,5-8,13H2. The number of hydrogen-bond donors (Lipinski definition) is 3. The summed E-state index contributed by atoms with van der Waals surface area (Å²) >= 11 is 0. The number of para-hydroxylation sites is 2. The third kappa shape index (κ3) is 1.74. The molecular formula is C12H18N4. The summed E-state index contributed by atoms with van der Waals surface area (Å²) in [5.41, 5.74) is 8.31. The average Bonchev–Trinajstić information content (AvgIpc) is 2.73. The van der Waals surface area contributed by atoms with Crippen LogP contribution in [0.2, 0.25) is 0 Å². The molecule has 0 aromatic heterocycles. The van der Waals surface area contributed by atoms with Crippen molar-refractivity contribution in [2.75, 3.05) is 23.7 Å². The second-order valence-electron chi connectivity index (χ2n) is 4.61. The minimum absolute atomic E-state index is 0.241. The van der Waals surface area contributed by atoms with E-state index < -0.39 is 0 Å². The minimum Gasteiger partial charge on any atom is -0.351 e. The van der Waals surface area contributed by atoms with Gasteiger partial charge in [0.15, 0.2) is 6.29 Å². The summed E-state index contributed by atoms with van der Waals surface area (Å²) in [4.78, 5) is 2.42. The van der Waals surface area contributed by atoms with E-state index in [0.29, 0.717) is 6.04 Å². The van der Waals surface area contributed by atoms with Crippen LogP contribution in [0.25, 0.3) is 0 Å². The normalized spacial score (nSPS) is 22.6. The van der Waals surface area contributed by atoms with Crippen LogP contribution in [-0.4, -0.2) is 30.3 Å². The molecule has 1 aromatic carbocycles. The first-order valence-corrected chi connectivity index (χ1v) is 5.95. The molecule has 0 bridgehead atoms. The van der Waals surface area contributed by atoms with Gasteiger partial charge in [0.1, 0.15) is 0 Å². The number of benzene rings is 1. The molecule has 0 aliphatic carbocycles. The van der Waals surface area contributed by atoms with Crippen LogP contribution in [0.15, 0.2) is 24.3 Å². The van der Waals surface area contributed by atoms with E-state index >= 15 is 0 Å².